The van der Waals surface area contributed by atoms with E-state index in [1.807, 2.05) is 13.0 Å². The molecule has 1 aromatic rings. The smallest absolute Gasteiger partial charge is 0.161 e. The lowest BCUT2D eigenvalue weighted by Gasteiger charge is -2.09. The van der Waals surface area contributed by atoms with Crippen LogP contribution >= 0.6 is 0 Å². The van der Waals surface area contributed by atoms with Crippen molar-refractivity contribution in [3.8, 4) is 0 Å². The maximum Gasteiger partial charge on any atom is 0.161 e. The molecule has 0 aliphatic carbocycles. The first-order valence-electron chi connectivity index (χ1n) is 5.87. The molecule has 1 aromatic carbocycles. The number of anilines is 2. The maximum absolute atomic E-state index is 11.2. The molecular formula is C13H20N2O2. The number of nitrogens with one attached hydrogen (secondary N) is 1. The Labute approximate surface area is 102 Å². The van der Waals surface area contributed by atoms with Crippen LogP contribution in [0.15, 0.2) is 18.2 Å². The normalized spacial score (nSPS) is 10.2. The molecule has 4 heteroatoms. The van der Waals surface area contributed by atoms with Crippen LogP contribution in [0.2, 0.25) is 0 Å². The van der Waals surface area contributed by atoms with Crippen molar-refractivity contribution in [1.82, 2.24) is 0 Å². The summed E-state index contributed by atoms with van der Waals surface area (Å²) in [5.74, 6) is -0.00889. The third-order valence-electron chi connectivity index (χ3n) is 2.43. The van der Waals surface area contributed by atoms with Gasteiger partial charge in [0.25, 0.3) is 0 Å². The van der Waals surface area contributed by atoms with Crippen molar-refractivity contribution in [2.45, 2.75) is 20.3 Å². The fourth-order valence-corrected chi connectivity index (χ4v) is 1.54. The molecule has 17 heavy (non-hydrogen) atoms. The molecule has 0 radical (unpaired) electrons. The van der Waals surface area contributed by atoms with Gasteiger partial charge in [-0.15, -0.1) is 0 Å². The van der Waals surface area contributed by atoms with E-state index >= 15 is 0 Å². The van der Waals surface area contributed by atoms with Crippen molar-refractivity contribution in [2.24, 2.45) is 0 Å². The molecule has 0 saturated carbocycles. The summed E-state index contributed by atoms with van der Waals surface area (Å²) in [5.41, 5.74) is 7.82. The van der Waals surface area contributed by atoms with Gasteiger partial charge in [0.1, 0.15) is 0 Å². The summed E-state index contributed by atoms with van der Waals surface area (Å²) >= 11 is 0. The number of hydrogen-bond donors (Lipinski definition) is 2. The van der Waals surface area contributed by atoms with Crippen LogP contribution in [-0.4, -0.2) is 25.5 Å². The first-order valence-corrected chi connectivity index (χ1v) is 5.87. The fraction of sp³-hybridized carbons (Fsp3) is 0.462. The third-order valence-corrected chi connectivity index (χ3v) is 2.43. The number of hydrogen-bond acceptors (Lipinski definition) is 4. The number of nitrogen functional groups attached to an aromatic ring is 1. The zero-order chi connectivity index (χ0) is 12.7. The van der Waals surface area contributed by atoms with Gasteiger partial charge in [0, 0.05) is 36.7 Å². The highest BCUT2D eigenvalue weighted by Gasteiger charge is 2.04. The molecule has 0 amide bonds. The quantitative estimate of drug-likeness (QED) is 0.433. The summed E-state index contributed by atoms with van der Waals surface area (Å²) < 4.78 is 5.24. The summed E-state index contributed by atoms with van der Waals surface area (Å²) in [7, 11) is 0. The molecule has 0 aliphatic rings. The predicted molar refractivity (Wildman–Crippen MR) is 70.5 cm³/mol. The Morgan fingerprint density at radius 3 is 2.82 bits per heavy atom. The topological polar surface area (TPSA) is 64.3 Å². The van der Waals surface area contributed by atoms with Gasteiger partial charge < -0.3 is 15.8 Å². The summed E-state index contributed by atoms with van der Waals surface area (Å²) in [5, 5.41) is 3.24. The summed E-state index contributed by atoms with van der Waals surface area (Å²) in [4.78, 5) is 11.2. The molecule has 0 spiro atoms. The van der Waals surface area contributed by atoms with E-state index in [0.717, 1.165) is 31.9 Å². The molecule has 0 atom stereocenters. The Hall–Kier alpha value is -1.55. The van der Waals surface area contributed by atoms with Crippen LogP contribution in [0, 0.1) is 0 Å². The number of carbonyl (C=O) groups excluding carboxylic acids is 1. The number of nitrogens with two attached hydrogens (primary N) is 1. The first kappa shape index (κ1) is 13.5. The van der Waals surface area contributed by atoms with Crippen LogP contribution in [-0.2, 0) is 4.74 Å². The van der Waals surface area contributed by atoms with Crippen molar-refractivity contribution >= 4 is 17.2 Å². The second kappa shape index (κ2) is 6.91. The Bertz CT molecular complexity index is 378. The van der Waals surface area contributed by atoms with E-state index < -0.39 is 0 Å². The number of Topliss-reactive ketones (excluding diaryl/α,β-unsaturated/α-hetero) is 1. The molecular weight excluding hydrogens is 216 g/mol. The number of ketones is 1. The zero-order valence-corrected chi connectivity index (χ0v) is 10.5. The van der Waals surface area contributed by atoms with Crippen LogP contribution in [0.1, 0.15) is 30.6 Å². The van der Waals surface area contributed by atoms with Crippen LogP contribution in [0.3, 0.4) is 0 Å². The average molecular weight is 236 g/mol. The van der Waals surface area contributed by atoms with Gasteiger partial charge in [0.2, 0.25) is 0 Å². The van der Waals surface area contributed by atoms with Crippen molar-refractivity contribution < 1.29 is 9.53 Å². The van der Waals surface area contributed by atoms with Gasteiger partial charge in [-0.2, -0.15) is 0 Å². The summed E-state index contributed by atoms with van der Waals surface area (Å²) in [6.07, 6.45) is 0.947. The predicted octanol–water partition coefficient (Wildman–Crippen LogP) is 2.31. The van der Waals surface area contributed by atoms with Gasteiger partial charge in [-0.1, -0.05) is 0 Å². The molecule has 0 fully saturated rings. The zero-order valence-electron chi connectivity index (χ0n) is 10.5. The highest BCUT2D eigenvalue weighted by Crippen LogP contribution is 2.18. The Kier molecular flexibility index (Phi) is 5.49. The largest absolute Gasteiger partial charge is 0.398 e. The van der Waals surface area contributed by atoms with E-state index in [1.54, 1.807) is 12.1 Å². The standard InChI is InChI=1S/C13H20N2O2/c1-3-17-8-4-7-15-11-5-6-12(10(2)16)13(14)9-11/h5-6,9,15H,3-4,7-8,14H2,1-2H3. The average Bonchev–Trinajstić information content (AvgIpc) is 2.28. The van der Waals surface area contributed by atoms with Gasteiger partial charge >= 0.3 is 0 Å². The minimum atomic E-state index is -0.00889. The van der Waals surface area contributed by atoms with Crippen LogP contribution in [0.5, 0.6) is 0 Å². The molecule has 94 valence electrons. The van der Waals surface area contributed by atoms with E-state index in [0.29, 0.717) is 11.3 Å². The third kappa shape index (κ3) is 4.44. The highest BCUT2D eigenvalue weighted by molar-refractivity contribution is 5.99. The molecule has 0 unspecified atom stereocenters. The molecule has 0 aliphatic heterocycles. The van der Waals surface area contributed by atoms with Crippen molar-refractivity contribution in [1.29, 1.82) is 0 Å². The first-order chi connectivity index (χ1) is 8.15. The second-order valence-electron chi connectivity index (χ2n) is 3.84. The van der Waals surface area contributed by atoms with Crippen molar-refractivity contribution in [2.75, 3.05) is 30.8 Å². The van der Waals surface area contributed by atoms with Crippen molar-refractivity contribution in [3.63, 3.8) is 0 Å². The van der Waals surface area contributed by atoms with Crippen LogP contribution in [0.4, 0.5) is 11.4 Å². The van der Waals surface area contributed by atoms with E-state index in [-0.39, 0.29) is 5.78 Å². The SMILES string of the molecule is CCOCCCNc1ccc(C(C)=O)c(N)c1. The maximum atomic E-state index is 11.2. The summed E-state index contributed by atoms with van der Waals surface area (Å²) in [6, 6.07) is 5.41. The molecule has 4 nitrogen and oxygen atoms in total. The Balaban J connectivity index is 2.45. The molecule has 0 saturated heterocycles. The van der Waals surface area contributed by atoms with Crippen LogP contribution in [0.25, 0.3) is 0 Å². The minimum absolute atomic E-state index is 0.00889. The van der Waals surface area contributed by atoms with E-state index in [1.165, 1.54) is 6.92 Å². The molecule has 0 bridgehead atoms. The Morgan fingerprint density at radius 1 is 1.47 bits per heavy atom. The molecule has 0 aromatic heterocycles. The molecule has 0 heterocycles. The second-order valence-corrected chi connectivity index (χ2v) is 3.84. The van der Waals surface area contributed by atoms with E-state index in [9.17, 15) is 4.79 Å². The molecule has 3 N–H and O–H groups in total. The lowest BCUT2D eigenvalue weighted by Crippen LogP contribution is -2.07. The summed E-state index contributed by atoms with van der Waals surface area (Å²) in [6.45, 7) is 5.83. The van der Waals surface area contributed by atoms with E-state index in [4.69, 9.17) is 10.5 Å². The van der Waals surface area contributed by atoms with Gasteiger partial charge in [-0.25, -0.2) is 0 Å². The highest BCUT2D eigenvalue weighted by atomic mass is 16.5. The monoisotopic (exact) mass is 236 g/mol. The van der Waals surface area contributed by atoms with Gasteiger partial charge in [-0.3, -0.25) is 4.79 Å². The van der Waals surface area contributed by atoms with Gasteiger partial charge in [-0.05, 0) is 38.5 Å². The number of rotatable bonds is 7. The number of ether oxygens (including phenoxy) is 1. The Morgan fingerprint density at radius 2 is 2.24 bits per heavy atom. The lowest BCUT2D eigenvalue weighted by molar-refractivity contribution is 0.101. The van der Waals surface area contributed by atoms with Gasteiger partial charge in [0.15, 0.2) is 5.78 Å². The van der Waals surface area contributed by atoms with Gasteiger partial charge in [0.05, 0.1) is 0 Å². The van der Waals surface area contributed by atoms with Crippen molar-refractivity contribution in [3.05, 3.63) is 23.8 Å². The minimum Gasteiger partial charge on any atom is -0.398 e. The van der Waals surface area contributed by atoms with E-state index in [2.05, 4.69) is 5.32 Å². The number of carbonyl (C=O) groups is 1. The van der Waals surface area contributed by atoms with Crippen LogP contribution < -0.4 is 11.1 Å². The lowest BCUT2D eigenvalue weighted by atomic mass is 10.1. The molecule has 1 rings (SSSR count). The number of benzene rings is 1. The fourth-order valence-electron chi connectivity index (χ4n) is 1.54.